The summed E-state index contributed by atoms with van der Waals surface area (Å²) in [6, 6.07) is 3.53. The molecule has 0 fully saturated rings. The van der Waals surface area contributed by atoms with Crippen LogP contribution in [0.1, 0.15) is 5.69 Å². The first kappa shape index (κ1) is 6.61. The molecule has 0 bridgehead atoms. The summed E-state index contributed by atoms with van der Waals surface area (Å²) < 4.78 is 0. The first-order chi connectivity index (χ1) is 4.93. The van der Waals surface area contributed by atoms with Crippen LogP contribution in [0.15, 0.2) is 24.4 Å². The summed E-state index contributed by atoms with van der Waals surface area (Å²) in [5.74, 6) is 0. The molecule has 0 saturated carbocycles. The Balaban J connectivity index is 2.76. The maximum atomic E-state index is 9.84. The summed E-state index contributed by atoms with van der Waals surface area (Å²) in [5, 5.41) is 7.34. The smallest absolute Gasteiger partial charge is 0.142 e. The number of aldehydes is 1. The van der Waals surface area contributed by atoms with Gasteiger partial charge in [-0.1, -0.05) is 0 Å². The molecule has 1 aromatic rings. The predicted molar refractivity (Wildman–Crippen MR) is 37.1 cm³/mol. The molecule has 0 unspecified atom stereocenters. The van der Waals surface area contributed by atoms with Crippen LogP contribution in [0.2, 0.25) is 0 Å². The fraction of sp³-hybridized carbons (Fsp3) is 0. The van der Waals surface area contributed by atoms with Crippen LogP contribution in [0, 0.1) is 0 Å². The van der Waals surface area contributed by atoms with Crippen LogP contribution in [0.4, 0.5) is 0 Å². The normalized spacial score (nSPS) is 10.0. The molecule has 0 aliphatic carbocycles. The van der Waals surface area contributed by atoms with Crippen molar-refractivity contribution in [2.75, 3.05) is 0 Å². The van der Waals surface area contributed by atoms with Gasteiger partial charge in [-0.2, -0.15) is 10.2 Å². The van der Waals surface area contributed by atoms with Gasteiger partial charge in [-0.15, -0.1) is 0 Å². The molecule has 0 aromatic carbocycles. The van der Waals surface area contributed by atoms with Gasteiger partial charge < -0.3 is 0 Å². The van der Waals surface area contributed by atoms with E-state index in [9.17, 15) is 4.79 Å². The summed E-state index contributed by atoms with van der Waals surface area (Å²) in [6.07, 6.45) is 5.26. The first-order valence-electron chi connectivity index (χ1n) is 2.83. The number of carbonyl (C=O) groups is 1. The van der Waals surface area contributed by atoms with E-state index in [0.29, 0.717) is 12.0 Å². The first-order valence-corrected chi connectivity index (χ1v) is 2.83. The maximum Gasteiger partial charge on any atom is 0.142 e. The van der Waals surface area contributed by atoms with Gasteiger partial charge in [0.05, 0.1) is 5.69 Å². The Labute approximate surface area is 58.4 Å². The van der Waals surface area contributed by atoms with Gasteiger partial charge in [-0.25, -0.2) is 0 Å². The topological polar surface area (TPSA) is 42.9 Å². The summed E-state index contributed by atoms with van der Waals surface area (Å²) in [5.41, 5.74) is 0.689. The van der Waals surface area contributed by atoms with E-state index in [1.54, 1.807) is 24.4 Å². The Morgan fingerprint density at radius 3 is 3.00 bits per heavy atom. The molecule has 3 nitrogen and oxygen atoms in total. The lowest BCUT2D eigenvalue weighted by atomic mass is 10.3. The van der Waals surface area contributed by atoms with Gasteiger partial charge in [-0.3, -0.25) is 4.79 Å². The molecule has 0 amide bonds. The lowest BCUT2D eigenvalue weighted by Crippen LogP contribution is -1.81. The van der Waals surface area contributed by atoms with Gasteiger partial charge in [0.25, 0.3) is 0 Å². The Bertz CT molecular complexity index is 231. The number of allylic oxidation sites excluding steroid dienone is 1. The van der Waals surface area contributed by atoms with Crippen LogP contribution in [-0.4, -0.2) is 16.5 Å². The highest BCUT2D eigenvalue weighted by Gasteiger charge is 1.82. The van der Waals surface area contributed by atoms with Crippen molar-refractivity contribution in [2.45, 2.75) is 0 Å². The number of carbonyl (C=O) groups excluding carboxylic acids is 1. The SMILES string of the molecule is O=C/C=C/c1cccnn1. The van der Waals surface area contributed by atoms with E-state index in [-0.39, 0.29) is 0 Å². The van der Waals surface area contributed by atoms with E-state index in [0.717, 1.165) is 0 Å². The molecular formula is C7H6N2O. The van der Waals surface area contributed by atoms with Crippen molar-refractivity contribution in [3.05, 3.63) is 30.1 Å². The zero-order valence-corrected chi connectivity index (χ0v) is 5.27. The van der Waals surface area contributed by atoms with Crippen LogP contribution in [0.5, 0.6) is 0 Å². The van der Waals surface area contributed by atoms with E-state index >= 15 is 0 Å². The van der Waals surface area contributed by atoms with Crippen molar-refractivity contribution in [1.82, 2.24) is 10.2 Å². The van der Waals surface area contributed by atoms with Crippen molar-refractivity contribution < 1.29 is 4.79 Å². The van der Waals surface area contributed by atoms with Crippen molar-refractivity contribution in [3.8, 4) is 0 Å². The minimum Gasteiger partial charge on any atom is -0.299 e. The second-order valence-electron chi connectivity index (χ2n) is 1.64. The van der Waals surface area contributed by atoms with Crippen LogP contribution in [0.3, 0.4) is 0 Å². The molecule has 1 rings (SSSR count). The Hall–Kier alpha value is -1.51. The fourth-order valence-corrected chi connectivity index (χ4v) is 0.540. The third kappa shape index (κ3) is 1.78. The van der Waals surface area contributed by atoms with E-state index in [2.05, 4.69) is 10.2 Å². The van der Waals surface area contributed by atoms with Crippen LogP contribution in [0.25, 0.3) is 6.08 Å². The molecule has 0 radical (unpaired) electrons. The molecule has 50 valence electrons. The minimum atomic E-state index is 0.689. The Morgan fingerprint density at radius 2 is 2.40 bits per heavy atom. The molecule has 0 atom stereocenters. The molecule has 0 N–H and O–H groups in total. The largest absolute Gasteiger partial charge is 0.299 e. The highest BCUT2D eigenvalue weighted by atomic mass is 16.1. The summed E-state index contributed by atoms with van der Waals surface area (Å²) in [4.78, 5) is 9.84. The van der Waals surface area contributed by atoms with Crippen molar-refractivity contribution >= 4 is 12.4 Å². The summed E-state index contributed by atoms with van der Waals surface area (Å²) in [7, 11) is 0. The molecule has 0 saturated heterocycles. The van der Waals surface area contributed by atoms with Gasteiger partial charge in [0.2, 0.25) is 0 Å². The van der Waals surface area contributed by atoms with E-state index < -0.39 is 0 Å². The molecule has 1 aromatic heterocycles. The number of hydrogen-bond acceptors (Lipinski definition) is 3. The zero-order valence-electron chi connectivity index (χ0n) is 5.27. The average molecular weight is 134 g/mol. The summed E-state index contributed by atoms with van der Waals surface area (Å²) in [6.45, 7) is 0. The van der Waals surface area contributed by atoms with Gasteiger partial charge in [0.1, 0.15) is 6.29 Å². The monoisotopic (exact) mass is 134 g/mol. The van der Waals surface area contributed by atoms with E-state index in [1.807, 2.05) is 0 Å². The van der Waals surface area contributed by atoms with Gasteiger partial charge in [-0.05, 0) is 24.3 Å². The van der Waals surface area contributed by atoms with Crippen molar-refractivity contribution in [2.24, 2.45) is 0 Å². The van der Waals surface area contributed by atoms with Gasteiger partial charge >= 0.3 is 0 Å². The fourth-order valence-electron chi connectivity index (χ4n) is 0.540. The number of hydrogen-bond donors (Lipinski definition) is 0. The number of nitrogens with zero attached hydrogens (tertiary/aromatic N) is 2. The molecule has 0 aliphatic heterocycles. The molecule has 0 aliphatic rings. The highest BCUT2D eigenvalue weighted by molar-refractivity contribution is 5.72. The Morgan fingerprint density at radius 1 is 1.50 bits per heavy atom. The maximum absolute atomic E-state index is 9.84. The van der Waals surface area contributed by atoms with Crippen molar-refractivity contribution in [3.63, 3.8) is 0 Å². The number of rotatable bonds is 2. The minimum absolute atomic E-state index is 0.689. The quantitative estimate of drug-likeness (QED) is 0.441. The molecular weight excluding hydrogens is 128 g/mol. The second-order valence-corrected chi connectivity index (χ2v) is 1.64. The third-order valence-corrected chi connectivity index (χ3v) is 0.938. The lowest BCUT2D eigenvalue weighted by Gasteiger charge is -1.84. The second kappa shape index (κ2) is 3.50. The van der Waals surface area contributed by atoms with Gasteiger partial charge in [0, 0.05) is 6.20 Å². The molecule has 10 heavy (non-hydrogen) atoms. The van der Waals surface area contributed by atoms with E-state index in [4.69, 9.17) is 0 Å². The number of aromatic nitrogens is 2. The molecule has 3 heteroatoms. The third-order valence-electron chi connectivity index (χ3n) is 0.938. The van der Waals surface area contributed by atoms with Crippen LogP contribution >= 0.6 is 0 Å². The van der Waals surface area contributed by atoms with Crippen LogP contribution < -0.4 is 0 Å². The predicted octanol–water partition coefficient (Wildman–Crippen LogP) is 0.689. The average Bonchev–Trinajstić information content (AvgIpc) is 2.03. The van der Waals surface area contributed by atoms with Crippen molar-refractivity contribution in [1.29, 1.82) is 0 Å². The van der Waals surface area contributed by atoms with E-state index in [1.165, 1.54) is 6.08 Å². The lowest BCUT2D eigenvalue weighted by molar-refractivity contribution is -0.104. The van der Waals surface area contributed by atoms with Gasteiger partial charge in [0.15, 0.2) is 0 Å². The summed E-state index contributed by atoms with van der Waals surface area (Å²) >= 11 is 0. The Kier molecular flexibility index (Phi) is 2.31. The standard InChI is InChI=1S/C7H6N2O/c10-6-2-4-7-3-1-5-8-9-7/h1-6H/b4-2+. The molecule has 0 spiro atoms. The van der Waals surface area contributed by atoms with Crippen LogP contribution in [-0.2, 0) is 4.79 Å². The zero-order chi connectivity index (χ0) is 7.23. The molecule has 1 heterocycles. The highest BCUT2D eigenvalue weighted by Crippen LogP contribution is 1.91.